The number of hydrogen-bond acceptors (Lipinski definition) is 2. The molecular formula is C17H21BrN2. The Kier molecular flexibility index (Phi) is 5.21. The zero-order valence-electron chi connectivity index (χ0n) is 12.1. The number of nitrogens with zero attached hydrogens (tertiary/aromatic N) is 1. The Bertz CT molecular complexity index is 581. The minimum absolute atomic E-state index is 0.674. The molecule has 2 aromatic carbocycles. The van der Waals surface area contributed by atoms with E-state index in [4.69, 9.17) is 5.73 Å². The van der Waals surface area contributed by atoms with Gasteiger partial charge in [0.15, 0.2) is 0 Å². The number of rotatable bonds is 5. The quantitative estimate of drug-likeness (QED) is 0.878. The third-order valence-electron chi connectivity index (χ3n) is 3.48. The normalized spacial score (nSPS) is 10.6. The lowest BCUT2D eigenvalue weighted by molar-refractivity contribution is 0.959. The highest BCUT2D eigenvalue weighted by atomic mass is 79.9. The maximum atomic E-state index is 5.63. The van der Waals surface area contributed by atoms with Crippen LogP contribution in [0.1, 0.15) is 18.1 Å². The van der Waals surface area contributed by atoms with Crippen LogP contribution in [0.3, 0.4) is 0 Å². The number of nitrogens with two attached hydrogens (primary N) is 1. The van der Waals surface area contributed by atoms with Crippen LogP contribution in [-0.2, 0) is 6.42 Å². The number of benzene rings is 2. The first-order valence-electron chi connectivity index (χ1n) is 6.99. The van der Waals surface area contributed by atoms with Gasteiger partial charge in [0, 0.05) is 22.4 Å². The van der Waals surface area contributed by atoms with Crippen LogP contribution in [0.2, 0.25) is 0 Å². The van der Waals surface area contributed by atoms with Crippen molar-refractivity contribution in [2.24, 2.45) is 5.73 Å². The van der Waals surface area contributed by atoms with Crippen molar-refractivity contribution in [1.82, 2.24) is 0 Å². The van der Waals surface area contributed by atoms with Crippen molar-refractivity contribution in [3.63, 3.8) is 0 Å². The maximum Gasteiger partial charge on any atom is 0.0440 e. The van der Waals surface area contributed by atoms with Crippen LogP contribution >= 0.6 is 15.9 Å². The maximum absolute atomic E-state index is 5.63. The zero-order chi connectivity index (χ0) is 14.5. The molecule has 0 aliphatic rings. The molecule has 0 aliphatic carbocycles. The highest BCUT2D eigenvalue weighted by Crippen LogP contribution is 2.31. The average Bonchev–Trinajstić information content (AvgIpc) is 2.45. The summed E-state index contributed by atoms with van der Waals surface area (Å²) in [4.78, 5) is 2.33. The van der Waals surface area contributed by atoms with E-state index in [1.54, 1.807) is 0 Å². The lowest BCUT2D eigenvalue weighted by Gasteiger charge is -2.25. The van der Waals surface area contributed by atoms with Gasteiger partial charge in [-0.2, -0.15) is 0 Å². The smallest absolute Gasteiger partial charge is 0.0440 e. The number of aryl methyl sites for hydroxylation is 1. The van der Waals surface area contributed by atoms with Gasteiger partial charge in [0.25, 0.3) is 0 Å². The molecule has 106 valence electrons. The fraction of sp³-hybridized carbons (Fsp3) is 0.294. The second-order valence-corrected chi connectivity index (χ2v) is 5.70. The molecule has 20 heavy (non-hydrogen) atoms. The molecule has 0 saturated carbocycles. The molecule has 3 heteroatoms. The predicted octanol–water partition coefficient (Wildman–Crippen LogP) is 4.42. The van der Waals surface area contributed by atoms with Crippen molar-refractivity contribution in [2.45, 2.75) is 20.3 Å². The van der Waals surface area contributed by atoms with Gasteiger partial charge in [-0.25, -0.2) is 0 Å². The fourth-order valence-corrected chi connectivity index (χ4v) is 2.99. The molecule has 2 N–H and O–H groups in total. The van der Waals surface area contributed by atoms with Crippen LogP contribution in [0.15, 0.2) is 46.9 Å². The summed E-state index contributed by atoms with van der Waals surface area (Å²) in [5.41, 5.74) is 10.6. The number of anilines is 2. The molecule has 0 atom stereocenters. The summed E-state index contributed by atoms with van der Waals surface area (Å²) < 4.78 is 1.13. The monoisotopic (exact) mass is 332 g/mol. The first-order valence-corrected chi connectivity index (χ1v) is 7.78. The van der Waals surface area contributed by atoms with Gasteiger partial charge < -0.3 is 10.6 Å². The number of halogens is 1. The van der Waals surface area contributed by atoms with Crippen molar-refractivity contribution in [1.29, 1.82) is 0 Å². The van der Waals surface area contributed by atoms with Gasteiger partial charge in [-0.3, -0.25) is 0 Å². The van der Waals surface area contributed by atoms with E-state index in [2.05, 4.69) is 77.1 Å². The molecule has 2 nitrogen and oxygen atoms in total. The van der Waals surface area contributed by atoms with Gasteiger partial charge in [0.2, 0.25) is 0 Å². The van der Waals surface area contributed by atoms with Crippen LogP contribution in [0.25, 0.3) is 0 Å². The SMILES string of the molecule is CCN(c1ccc(CCN)c(Br)c1)c1ccccc1C. The molecule has 0 heterocycles. The summed E-state index contributed by atoms with van der Waals surface area (Å²) in [5, 5.41) is 0. The van der Waals surface area contributed by atoms with Gasteiger partial charge in [-0.1, -0.05) is 40.2 Å². The van der Waals surface area contributed by atoms with Crippen molar-refractivity contribution in [3.8, 4) is 0 Å². The first kappa shape index (κ1) is 15.1. The van der Waals surface area contributed by atoms with Gasteiger partial charge in [-0.05, 0) is 56.1 Å². The lowest BCUT2D eigenvalue weighted by Crippen LogP contribution is -2.17. The van der Waals surface area contributed by atoms with Crippen molar-refractivity contribution in [3.05, 3.63) is 58.1 Å². The largest absolute Gasteiger partial charge is 0.342 e. The molecule has 2 rings (SSSR count). The summed E-state index contributed by atoms with van der Waals surface area (Å²) in [5.74, 6) is 0. The predicted molar refractivity (Wildman–Crippen MR) is 90.8 cm³/mol. The van der Waals surface area contributed by atoms with E-state index >= 15 is 0 Å². The van der Waals surface area contributed by atoms with Gasteiger partial charge in [0.05, 0.1) is 0 Å². The van der Waals surface area contributed by atoms with E-state index in [0.29, 0.717) is 6.54 Å². The third kappa shape index (κ3) is 3.22. The minimum atomic E-state index is 0.674. The molecule has 0 radical (unpaired) electrons. The fourth-order valence-electron chi connectivity index (χ4n) is 2.42. The van der Waals surface area contributed by atoms with E-state index in [0.717, 1.165) is 17.4 Å². The van der Waals surface area contributed by atoms with Crippen LogP contribution in [0.4, 0.5) is 11.4 Å². The van der Waals surface area contributed by atoms with Crippen LogP contribution in [0.5, 0.6) is 0 Å². The Balaban J connectivity index is 2.38. The van der Waals surface area contributed by atoms with Crippen LogP contribution < -0.4 is 10.6 Å². The van der Waals surface area contributed by atoms with E-state index in [1.807, 2.05) is 0 Å². The second kappa shape index (κ2) is 6.91. The van der Waals surface area contributed by atoms with E-state index < -0.39 is 0 Å². The molecule has 0 fully saturated rings. The van der Waals surface area contributed by atoms with Crippen molar-refractivity contribution >= 4 is 27.3 Å². The van der Waals surface area contributed by atoms with E-state index in [1.165, 1.54) is 22.5 Å². The van der Waals surface area contributed by atoms with Crippen LogP contribution in [0, 0.1) is 6.92 Å². The Morgan fingerprint density at radius 2 is 1.90 bits per heavy atom. The third-order valence-corrected chi connectivity index (χ3v) is 4.22. The van der Waals surface area contributed by atoms with E-state index in [9.17, 15) is 0 Å². The number of hydrogen-bond donors (Lipinski definition) is 1. The summed E-state index contributed by atoms with van der Waals surface area (Å²) in [7, 11) is 0. The Morgan fingerprint density at radius 1 is 1.15 bits per heavy atom. The van der Waals surface area contributed by atoms with Gasteiger partial charge in [0.1, 0.15) is 0 Å². The summed E-state index contributed by atoms with van der Waals surface area (Å²) in [6.45, 7) is 5.94. The molecule has 0 amide bonds. The summed E-state index contributed by atoms with van der Waals surface area (Å²) >= 11 is 3.65. The summed E-state index contributed by atoms with van der Waals surface area (Å²) in [6.07, 6.45) is 0.900. The molecule has 0 bridgehead atoms. The first-order chi connectivity index (χ1) is 9.67. The summed E-state index contributed by atoms with van der Waals surface area (Å²) in [6, 6.07) is 15.0. The molecule has 0 unspecified atom stereocenters. The molecule has 0 aromatic heterocycles. The molecule has 2 aromatic rings. The Labute approximate surface area is 129 Å². The minimum Gasteiger partial charge on any atom is -0.342 e. The van der Waals surface area contributed by atoms with Crippen LogP contribution in [-0.4, -0.2) is 13.1 Å². The second-order valence-electron chi connectivity index (χ2n) is 4.85. The molecule has 0 spiro atoms. The average molecular weight is 333 g/mol. The van der Waals surface area contributed by atoms with Gasteiger partial charge in [-0.15, -0.1) is 0 Å². The van der Waals surface area contributed by atoms with Crippen molar-refractivity contribution in [2.75, 3.05) is 18.0 Å². The molecule has 0 aliphatic heterocycles. The van der Waals surface area contributed by atoms with E-state index in [-0.39, 0.29) is 0 Å². The highest BCUT2D eigenvalue weighted by Gasteiger charge is 2.11. The Morgan fingerprint density at radius 3 is 2.50 bits per heavy atom. The molecule has 0 saturated heterocycles. The van der Waals surface area contributed by atoms with Crippen molar-refractivity contribution < 1.29 is 0 Å². The Hall–Kier alpha value is -1.32. The number of para-hydroxylation sites is 1. The molecular weight excluding hydrogens is 312 g/mol. The zero-order valence-corrected chi connectivity index (χ0v) is 13.7. The lowest BCUT2D eigenvalue weighted by atomic mass is 10.1. The standard InChI is InChI=1S/C17H21BrN2/c1-3-20(17-7-5-4-6-13(17)2)15-9-8-14(10-11-19)16(18)12-15/h4-9,12H,3,10-11,19H2,1-2H3. The topological polar surface area (TPSA) is 29.3 Å². The van der Waals surface area contributed by atoms with Gasteiger partial charge >= 0.3 is 0 Å². The highest BCUT2D eigenvalue weighted by molar-refractivity contribution is 9.10.